The topological polar surface area (TPSA) is 41.6 Å². The number of alkyl halides is 3. The molecule has 0 radical (unpaired) electrons. The molecule has 1 N–H and O–H groups in total. The molecule has 0 atom stereocenters. The standard InChI is InChI=1S/C15H13F3N2O2/c1-22-13-9-7-12(8-10-13)20(15(16,17)18)14(21)19-11-5-3-2-4-6-11/h2-10H,1H3,(H,19,21). The third-order valence-corrected chi connectivity index (χ3v) is 2.81. The number of hydrogen-bond donors (Lipinski definition) is 1. The van der Waals surface area contributed by atoms with Crippen LogP contribution in [0.2, 0.25) is 0 Å². The van der Waals surface area contributed by atoms with Crippen LogP contribution in [0.4, 0.5) is 29.3 Å². The van der Waals surface area contributed by atoms with E-state index in [0.29, 0.717) is 5.75 Å². The average molecular weight is 310 g/mol. The number of benzene rings is 2. The molecule has 0 aromatic heterocycles. The van der Waals surface area contributed by atoms with Gasteiger partial charge in [-0.15, -0.1) is 13.2 Å². The fourth-order valence-corrected chi connectivity index (χ4v) is 1.81. The Morgan fingerprint density at radius 3 is 2.14 bits per heavy atom. The summed E-state index contributed by atoms with van der Waals surface area (Å²) in [5.74, 6) is 0.398. The molecule has 2 aromatic carbocycles. The van der Waals surface area contributed by atoms with Gasteiger partial charge in [0.05, 0.1) is 12.8 Å². The van der Waals surface area contributed by atoms with Crippen LogP contribution in [0.15, 0.2) is 54.6 Å². The second kappa shape index (κ2) is 6.38. The molecule has 0 heterocycles. The molecule has 2 rings (SSSR count). The fourth-order valence-electron chi connectivity index (χ4n) is 1.81. The molecule has 0 aliphatic carbocycles. The van der Waals surface area contributed by atoms with Crippen LogP contribution in [-0.4, -0.2) is 19.4 Å². The maximum absolute atomic E-state index is 13.2. The van der Waals surface area contributed by atoms with Crippen molar-refractivity contribution in [2.75, 3.05) is 17.3 Å². The highest BCUT2D eigenvalue weighted by Crippen LogP contribution is 2.30. The van der Waals surface area contributed by atoms with Crippen molar-refractivity contribution in [1.82, 2.24) is 0 Å². The quantitative estimate of drug-likeness (QED) is 0.861. The predicted octanol–water partition coefficient (Wildman–Crippen LogP) is 4.25. The molecule has 0 saturated heterocycles. The fraction of sp³-hybridized carbons (Fsp3) is 0.133. The van der Waals surface area contributed by atoms with Crippen LogP contribution in [-0.2, 0) is 0 Å². The summed E-state index contributed by atoms with van der Waals surface area (Å²) in [5.41, 5.74) is -0.0306. The van der Waals surface area contributed by atoms with Crippen molar-refractivity contribution in [2.24, 2.45) is 0 Å². The van der Waals surface area contributed by atoms with E-state index in [9.17, 15) is 18.0 Å². The first kappa shape index (κ1) is 15.7. The Bertz CT molecular complexity index is 627. The summed E-state index contributed by atoms with van der Waals surface area (Å²) in [6, 6.07) is 11.7. The van der Waals surface area contributed by atoms with Gasteiger partial charge in [0.1, 0.15) is 5.75 Å². The minimum absolute atomic E-state index is 0.264. The second-order valence-corrected chi connectivity index (χ2v) is 4.30. The van der Waals surface area contributed by atoms with Crippen molar-refractivity contribution in [3.05, 3.63) is 54.6 Å². The highest BCUT2D eigenvalue weighted by Gasteiger charge is 2.42. The van der Waals surface area contributed by atoms with Gasteiger partial charge in [0, 0.05) is 5.69 Å². The van der Waals surface area contributed by atoms with E-state index in [-0.39, 0.29) is 16.3 Å². The van der Waals surface area contributed by atoms with Gasteiger partial charge in [-0.1, -0.05) is 18.2 Å². The summed E-state index contributed by atoms with van der Waals surface area (Å²) >= 11 is 0. The zero-order valence-corrected chi connectivity index (χ0v) is 11.6. The van der Waals surface area contributed by atoms with Gasteiger partial charge in [0.2, 0.25) is 0 Å². The SMILES string of the molecule is COc1ccc(N(C(=O)Nc2ccccc2)C(F)(F)F)cc1. The lowest BCUT2D eigenvalue weighted by molar-refractivity contribution is -0.120. The summed E-state index contributed by atoms with van der Waals surface area (Å²) in [4.78, 5) is 11.7. The van der Waals surface area contributed by atoms with Crippen LogP contribution in [0.3, 0.4) is 0 Å². The van der Waals surface area contributed by atoms with E-state index in [2.05, 4.69) is 5.32 Å². The van der Waals surface area contributed by atoms with Gasteiger partial charge < -0.3 is 10.1 Å². The summed E-state index contributed by atoms with van der Waals surface area (Å²) in [5, 5.41) is 2.21. The molecule has 0 aliphatic rings. The van der Waals surface area contributed by atoms with Crippen molar-refractivity contribution >= 4 is 17.4 Å². The smallest absolute Gasteiger partial charge is 0.493 e. The summed E-state index contributed by atoms with van der Waals surface area (Å²) in [7, 11) is 1.40. The van der Waals surface area contributed by atoms with Gasteiger partial charge in [-0.2, -0.15) is 0 Å². The van der Waals surface area contributed by atoms with Crippen molar-refractivity contribution in [3.63, 3.8) is 0 Å². The third kappa shape index (κ3) is 3.69. The van der Waals surface area contributed by atoms with Gasteiger partial charge in [0.25, 0.3) is 0 Å². The van der Waals surface area contributed by atoms with E-state index in [4.69, 9.17) is 4.74 Å². The van der Waals surface area contributed by atoms with E-state index in [1.54, 1.807) is 18.2 Å². The Morgan fingerprint density at radius 1 is 1.05 bits per heavy atom. The summed E-state index contributed by atoms with van der Waals surface area (Å²) in [6.07, 6.45) is -4.85. The van der Waals surface area contributed by atoms with Crippen LogP contribution in [0.1, 0.15) is 0 Å². The molecule has 0 spiro atoms. The van der Waals surface area contributed by atoms with Gasteiger partial charge >= 0.3 is 12.3 Å². The number of hydrogen-bond acceptors (Lipinski definition) is 2. The van der Waals surface area contributed by atoms with Gasteiger partial charge in [-0.05, 0) is 36.4 Å². The molecule has 0 unspecified atom stereocenters. The Balaban J connectivity index is 2.27. The molecule has 0 bridgehead atoms. The summed E-state index contributed by atoms with van der Waals surface area (Å²) < 4.78 is 44.4. The first-order valence-electron chi connectivity index (χ1n) is 6.29. The lowest BCUT2D eigenvalue weighted by atomic mass is 10.3. The second-order valence-electron chi connectivity index (χ2n) is 4.30. The first-order valence-corrected chi connectivity index (χ1v) is 6.29. The number of anilines is 2. The highest BCUT2D eigenvalue weighted by molar-refractivity contribution is 6.02. The van der Waals surface area contributed by atoms with E-state index in [1.807, 2.05) is 0 Å². The lowest BCUT2D eigenvalue weighted by Crippen LogP contribution is -2.45. The number of nitrogens with one attached hydrogen (secondary N) is 1. The normalized spacial score (nSPS) is 10.9. The number of carbonyl (C=O) groups excluding carboxylic acids is 1. The monoisotopic (exact) mass is 310 g/mol. The van der Waals surface area contributed by atoms with Crippen LogP contribution < -0.4 is 15.0 Å². The lowest BCUT2D eigenvalue weighted by Gasteiger charge is -2.25. The molecule has 22 heavy (non-hydrogen) atoms. The zero-order chi connectivity index (χ0) is 16.2. The highest BCUT2D eigenvalue weighted by atomic mass is 19.4. The van der Waals surface area contributed by atoms with Gasteiger partial charge in [-0.25, -0.2) is 9.69 Å². The van der Waals surface area contributed by atoms with E-state index in [1.165, 1.54) is 31.4 Å². The zero-order valence-electron chi connectivity index (χ0n) is 11.6. The molecular weight excluding hydrogens is 297 g/mol. The van der Waals surface area contributed by atoms with Crippen LogP contribution in [0.25, 0.3) is 0 Å². The van der Waals surface area contributed by atoms with E-state index in [0.717, 1.165) is 12.1 Å². The predicted molar refractivity (Wildman–Crippen MR) is 77.0 cm³/mol. The summed E-state index contributed by atoms with van der Waals surface area (Å²) in [6.45, 7) is 0. The first-order chi connectivity index (χ1) is 10.4. The van der Waals surface area contributed by atoms with Crippen molar-refractivity contribution in [2.45, 2.75) is 6.30 Å². The van der Waals surface area contributed by atoms with Crippen LogP contribution >= 0.6 is 0 Å². The number of nitrogens with zero attached hydrogens (tertiary/aromatic N) is 1. The Kier molecular flexibility index (Phi) is 4.55. The third-order valence-electron chi connectivity index (χ3n) is 2.81. The number of halogens is 3. The molecule has 0 saturated carbocycles. The van der Waals surface area contributed by atoms with Crippen LogP contribution in [0, 0.1) is 0 Å². The Morgan fingerprint density at radius 2 is 1.64 bits per heavy atom. The van der Waals surface area contributed by atoms with Crippen molar-refractivity contribution in [3.8, 4) is 5.75 Å². The molecule has 7 heteroatoms. The number of methoxy groups -OCH3 is 1. The number of amides is 2. The molecule has 116 valence electrons. The molecule has 2 aromatic rings. The van der Waals surface area contributed by atoms with Gasteiger partial charge in [0.15, 0.2) is 0 Å². The largest absolute Gasteiger partial charge is 0.497 e. The minimum atomic E-state index is -4.85. The molecule has 2 amide bonds. The molecular formula is C15H13F3N2O2. The molecule has 0 fully saturated rings. The molecule has 4 nitrogen and oxygen atoms in total. The molecule has 0 aliphatic heterocycles. The number of rotatable bonds is 3. The van der Waals surface area contributed by atoms with E-state index < -0.39 is 12.3 Å². The van der Waals surface area contributed by atoms with Gasteiger partial charge in [-0.3, -0.25) is 0 Å². The maximum Gasteiger partial charge on any atom is 0.493 e. The average Bonchev–Trinajstić information content (AvgIpc) is 2.47. The number of carbonyl (C=O) groups is 1. The Labute approximate surface area is 125 Å². The number of urea groups is 1. The minimum Gasteiger partial charge on any atom is -0.497 e. The van der Waals surface area contributed by atoms with Crippen molar-refractivity contribution < 1.29 is 22.7 Å². The maximum atomic E-state index is 13.2. The Hall–Kier alpha value is -2.70. The van der Waals surface area contributed by atoms with Crippen LogP contribution in [0.5, 0.6) is 5.75 Å². The number of ether oxygens (including phenoxy) is 1. The number of para-hydroxylation sites is 1. The van der Waals surface area contributed by atoms with E-state index >= 15 is 0 Å². The van der Waals surface area contributed by atoms with Crippen molar-refractivity contribution in [1.29, 1.82) is 0 Å².